The Morgan fingerprint density at radius 2 is 1.84 bits per heavy atom. The second kappa shape index (κ2) is 8.74. The number of hydrogen-bond acceptors (Lipinski definition) is 7. The van der Waals surface area contributed by atoms with Gasteiger partial charge < -0.3 is 19.9 Å². The molecule has 11 heteroatoms. The molecule has 2 aliphatic heterocycles. The number of likely N-dealkylation sites (tertiary alicyclic amines) is 1. The Hall–Kier alpha value is -3.63. The minimum absolute atomic E-state index is 0.0855. The molecule has 1 spiro atoms. The first-order valence-corrected chi connectivity index (χ1v) is 12.1. The third kappa shape index (κ3) is 4.40. The van der Waals surface area contributed by atoms with Crippen LogP contribution in [0.5, 0.6) is 5.88 Å². The van der Waals surface area contributed by atoms with Gasteiger partial charge in [-0.05, 0) is 44.0 Å². The molecule has 3 aromatic rings. The molecule has 2 aliphatic rings. The summed E-state index contributed by atoms with van der Waals surface area (Å²) in [5.41, 5.74) is 1.38. The van der Waals surface area contributed by atoms with Gasteiger partial charge in [-0.15, -0.1) is 0 Å². The zero-order valence-electron chi connectivity index (χ0n) is 21.4. The molecule has 1 N–H and O–H groups in total. The van der Waals surface area contributed by atoms with Crippen LogP contribution in [-0.2, 0) is 11.0 Å². The fourth-order valence-electron chi connectivity index (χ4n) is 5.46. The number of carbonyl (C=O) groups excluding carboxylic acids is 1. The fraction of sp³-hybridized carbons (Fsp3) is 0.462. The van der Waals surface area contributed by atoms with E-state index in [1.165, 1.54) is 13.0 Å². The highest BCUT2D eigenvalue weighted by atomic mass is 19.4. The van der Waals surface area contributed by atoms with Crippen LogP contribution in [0.2, 0.25) is 0 Å². The molecular weight excluding hydrogens is 485 g/mol. The van der Waals surface area contributed by atoms with E-state index in [-0.39, 0.29) is 16.9 Å². The van der Waals surface area contributed by atoms with Crippen LogP contribution in [0, 0.1) is 19.3 Å². The lowest BCUT2D eigenvalue weighted by Gasteiger charge is -2.60. The number of amides is 1. The van der Waals surface area contributed by atoms with Crippen LogP contribution in [-0.4, -0.2) is 59.0 Å². The summed E-state index contributed by atoms with van der Waals surface area (Å²) in [7, 11) is 1.56. The van der Waals surface area contributed by atoms with Gasteiger partial charge in [0.1, 0.15) is 17.3 Å². The predicted octanol–water partition coefficient (Wildman–Crippen LogP) is 4.51. The molecule has 1 aromatic carbocycles. The number of aryl methyl sites for hydroxylation is 1. The monoisotopic (exact) mass is 514 g/mol. The van der Waals surface area contributed by atoms with E-state index in [0.717, 1.165) is 37.9 Å². The normalized spacial score (nSPS) is 17.4. The van der Waals surface area contributed by atoms with Crippen molar-refractivity contribution in [2.75, 3.05) is 43.5 Å². The number of nitrogens with one attached hydrogen (secondary N) is 1. The molecule has 0 saturated carbocycles. The van der Waals surface area contributed by atoms with E-state index in [9.17, 15) is 18.0 Å². The third-order valence-corrected chi connectivity index (χ3v) is 7.33. The Kier molecular flexibility index (Phi) is 5.91. The minimum atomic E-state index is -4.43. The number of carbonyl (C=O) groups is 1. The van der Waals surface area contributed by atoms with E-state index in [4.69, 9.17) is 4.74 Å². The quantitative estimate of drug-likeness (QED) is 0.536. The molecule has 0 aliphatic carbocycles. The van der Waals surface area contributed by atoms with Crippen molar-refractivity contribution in [3.8, 4) is 5.88 Å². The molecule has 1 amide bonds. The summed E-state index contributed by atoms with van der Waals surface area (Å²) in [6.45, 7) is 9.64. The number of benzene rings is 1. The number of halogens is 3. The van der Waals surface area contributed by atoms with Crippen molar-refractivity contribution in [3.05, 3.63) is 46.8 Å². The highest BCUT2D eigenvalue weighted by Crippen LogP contribution is 2.45. The van der Waals surface area contributed by atoms with Crippen molar-refractivity contribution in [1.82, 2.24) is 19.9 Å². The number of hydrogen-bond donors (Lipinski definition) is 1. The lowest BCUT2D eigenvalue weighted by Crippen LogP contribution is -2.73. The van der Waals surface area contributed by atoms with Crippen LogP contribution in [0.1, 0.15) is 42.4 Å². The molecular formula is C26H29F3N6O2. The lowest BCUT2D eigenvalue weighted by atomic mass is 9.72. The number of ether oxygens (including phenoxy) is 1. The molecule has 2 saturated heterocycles. The van der Waals surface area contributed by atoms with E-state index in [0.29, 0.717) is 34.1 Å². The van der Waals surface area contributed by atoms with E-state index in [1.807, 2.05) is 11.0 Å². The van der Waals surface area contributed by atoms with Crippen LogP contribution < -0.4 is 15.0 Å². The average molecular weight is 515 g/mol. The Morgan fingerprint density at radius 3 is 2.46 bits per heavy atom. The standard InChI is InChI=1S/C26H29F3N6O2/c1-14-18(7-6-8-20(14)26(27,28)29)15(2)30-22-19-9-21(24(37-5)33-23(19)32-16(3)31-22)35-12-25(13-35)10-34(11-25)17(4)36/h6-9,15H,10-13H2,1-5H3,(H,30,31,32,33). The third-order valence-electron chi connectivity index (χ3n) is 7.33. The van der Waals surface area contributed by atoms with Gasteiger partial charge in [0.15, 0.2) is 5.65 Å². The van der Waals surface area contributed by atoms with Gasteiger partial charge in [-0.3, -0.25) is 4.79 Å². The van der Waals surface area contributed by atoms with Gasteiger partial charge in [-0.1, -0.05) is 12.1 Å². The van der Waals surface area contributed by atoms with E-state index in [1.54, 1.807) is 33.9 Å². The largest absolute Gasteiger partial charge is 0.479 e. The smallest absolute Gasteiger partial charge is 0.416 e. The van der Waals surface area contributed by atoms with Crippen molar-refractivity contribution in [2.45, 2.75) is 39.9 Å². The van der Waals surface area contributed by atoms with Gasteiger partial charge in [0, 0.05) is 38.5 Å². The summed E-state index contributed by atoms with van der Waals surface area (Å²) in [6.07, 6.45) is -4.43. The summed E-state index contributed by atoms with van der Waals surface area (Å²) < 4.78 is 46.0. The number of nitrogens with zero attached hydrogens (tertiary/aromatic N) is 5. The molecule has 1 unspecified atom stereocenters. The Morgan fingerprint density at radius 1 is 1.14 bits per heavy atom. The zero-order valence-corrected chi connectivity index (χ0v) is 21.4. The first kappa shape index (κ1) is 25.0. The molecule has 8 nitrogen and oxygen atoms in total. The fourth-order valence-corrected chi connectivity index (χ4v) is 5.46. The van der Waals surface area contributed by atoms with Crippen molar-refractivity contribution in [1.29, 1.82) is 0 Å². The van der Waals surface area contributed by atoms with Gasteiger partial charge in [0.2, 0.25) is 11.8 Å². The SMILES string of the molecule is COc1nc2nc(C)nc(NC(C)c3cccc(C(F)(F)F)c3C)c2cc1N1CC2(CN(C(C)=O)C2)C1. The first-order chi connectivity index (χ1) is 17.4. The number of methoxy groups -OCH3 is 1. The van der Waals surface area contributed by atoms with Crippen molar-refractivity contribution < 1.29 is 22.7 Å². The van der Waals surface area contributed by atoms with Crippen LogP contribution in [0.4, 0.5) is 24.7 Å². The predicted molar refractivity (Wildman–Crippen MR) is 134 cm³/mol. The molecule has 5 rings (SSSR count). The lowest BCUT2D eigenvalue weighted by molar-refractivity contribution is -0.142. The Balaban J connectivity index is 1.46. The van der Waals surface area contributed by atoms with E-state index < -0.39 is 17.8 Å². The maximum absolute atomic E-state index is 13.5. The molecule has 1 atom stereocenters. The number of pyridine rings is 1. The maximum atomic E-state index is 13.5. The van der Waals surface area contributed by atoms with Gasteiger partial charge in [-0.25, -0.2) is 9.97 Å². The van der Waals surface area contributed by atoms with Crippen LogP contribution >= 0.6 is 0 Å². The first-order valence-electron chi connectivity index (χ1n) is 12.1. The molecule has 0 bridgehead atoms. The summed E-state index contributed by atoms with van der Waals surface area (Å²) >= 11 is 0. The zero-order chi connectivity index (χ0) is 26.7. The summed E-state index contributed by atoms with van der Waals surface area (Å²) in [5.74, 6) is 1.50. The van der Waals surface area contributed by atoms with Crippen molar-refractivity contribution in [2.24, 2.45) is 5.41 Å². The molecule has 4 heterocycles. The summed E-state index contributed by atoms with van der Waals surface area (Å²) in [4.78, 5) is 29.3. The van der Waals surface area contributed by atoms with Crippen LogP contribution in [0.3, 0.4) is 0 Å². The number of aromatic nitrogens is 3. The van der Waals surface area contributed by atoms with Gasteiger partial charge in [-0.2, -0.15) is 18.2 Å². The second-order valence-electron chi connectivity index (χ2n) is 10.1. The number of fused-ring (bicyclic) bond motifs is 1. The highest BCUT2D eigenvalue weighted by Gasteiger charge is 2.53. The van der Waals surface area contributed by atoms with Crippen molar-refractivity contribution >= 4 is 28.4 Å². The molecule has 0 radical (unpaired) electrons. The van der Waals surface area contributed by atoms with Gasteiger partial charge in [0.05, 0.1) is 24.1 Å². The Labute approximate surface area is 212 Å². The topological polar surface area (TPSA) is 83.5 Å². The minimum Gasteiger partial charge on any atom is -0.479 e. The summed E-state index contributed by atoms with van der Waals surface area (Å²) in [6, 6.07) is 5.67. The molecule has 37 heavy (non-hydrogen) atoms. The average Bonchev–Trinajstić information content (AvgIpc) is 2.75. The number of alkyl halides is 3. The summed E-state index contributed by atoms with van der Waals surface area (Å²) in [5, 5.41) is 3.95. The van der Waals surface area contributed by atoms with E-state index >= 15 is 0 Å². The molecule has 2 fully saturated rings. The highest BCUT2D eigenvalue weighted by molar-refractivity contribution is 5.91. The van der Waals surface area contributed by atoms with Gasteiger partial charge in [0.25, 0.3) is 0 Å². The van der Waals surface area contributed by atoms with Gasteiger partial charge >= 0.3 is 6.18 Å². The Bertz CT molecular complexity index is 1380. The van der Waals surface area contributed by atoms with Crippen LogP contribution in [0.25, 0.3) is 11.0 Å². The maximum Gasteiger partial charge on any atom is 0.416 e. The molecule has 196 valence electrons. The number of anilines is 2. The van der Waals surface area contributed by atoms with Crippen LogP contribution in [0.15, 0.2) is 24.3 Å². The molecule has 2 aromatic heterocycles. The van der Waals surface area contributed by atoms with Crippen molar-refractivity contribution in [3.63, 3.8) is 0 Å². The second-order valence-corrected chi connectivity index (χ2v) is 10.1. The number of rotatable bonds is 5. The van der Waals surface area contributed by atoms with E-state index in [2.05, 4.69) is 25.2 Å².